The first-order valence-electron chi connectivity index (χ1n) is 5.35. The first kappa shape index (κ1) is 8.55. The van der Waals surface area contributed by atoms with Gasteiger partial charge in [0.25, 0.3) is 0 Å². The summed E-state index contributed by atoms with van der Waals surface area (Å²) >= 11 is 0. The third kappa shape index (κ3) is 1.28. The lowest BCUT2D eigenvalue weighted by Crippen LogP contribution is -2.57. The first-order chi connectivity index (χ1) is 5.61. The fraction of sp³-hybridized carbons (Fsp3) is 1.00. The smallest absolute Gasteiger partial charge is 0.00533 e. The molecule has 12 heavy (non-hydrogen) atoms. The van der Waals surface area contributed by atoms with Gasteiger partial charge in [-0.3, -0.25) is 4.90 Å². The van der Waals surface area contributed by atoms with Crippen LogP contribution >= 0.6 is 0 Å². The summed E-state index contributed by atoms with van der Waals surface area (Å²) in [5, 5.41) is 0. The van der Waals surface area contributed by atoms with Crippen molar-refractivity contribution in [3.8, 4) is 0 Å². The fourth-order valence-electron chi connectivity index (χ4n) is 2.96. The van der Waals surface area contributed by atoms with Gasteiger partial charge in [0.2, 0.25) is 0 Å². The van der Waals surface area contributed by atoms with E-state index in [1.165, 1.54) is 32.4 Å². The molecule has 1 aliphatic heterocycles. The predicted molar refractivity (Wildman–Crippen MR) is 52.2 cm³/mol. The SMILES string of the molecule is CC1CCC2(C1)CN(C(C)C)C2. The molecular formula is C11H21N. The normalized spacial score (nSPS) is 34.5. The zero-order chi connectivity index (χ0) is 8.77. The van der Waals surface area contributed by atoms with Crippen LogP contribution in [0.5, 0.6) is 0 Å². The third-order valence-electron chi connectivity index (χ3n) is 3.76. The summed E-state index contributed by atoms with van der Waals surface area (Å²) in [5.74, 6) is 0.999. The largest absolute Gasteiger partial charge is 0.300 e. The van der Waals surface area contributed by atoms with Gasteiger partial charge in [0.05, 0.1) is 0 Å². The lowest BCUT2D eigenvalue weighted by molar-refractivity contribution is -0.0189. The van der Waals surface area contributed by atoms with E-state index in [9.17, 15) is 0 Å². The van der Waals surface area contributed by atoms with Crippen molar-refractivity contribution in [1.82, 2.24) is 4.90 Å². The molecule has 1 aliphatic carbocycles. The van der Waals surface area contributed by atoms with E-state index in [0.29, 0.717) is 0 Å². The molecule has 1 heterocycles. The van der Waals surface area contributed by atoms with Gasteiger partial charge in [-0.05, 0) is 38.0 Å². The topological polar surface area (TPSA) is 3.24 Å². The molecule has 1 unspecified atom stereocenters. The molecule has 2 aliphatic rings. The molecule has 0 aromatic carbocycles. The van der Waals surface area contributed by atoms with Crippen LogP contribution in [0.15, 0.2) is 0 Å². The number of hydrogen-bond donors (Lipinski definition) is 0. The molecule has 0 aromatic rings. The molecule has 0 N–H and O–H groups in total. The van der Waals surface area contributed by atoms with E-state index < -0.39 is 0 Å². The molecule has 2 rings (SSSR count). The highest BCUT2D eigenvalue weighted by atomic mass is 15.2. The summed E-state index contributed by atoms with van der Waals surface area (Å²) in [7, 11) is 0. The van der Waals surface area contributed by atoms with Crippen LogP contribution in [-0.4, -0.2) is 24.0 Å². The standard InChI is InChI=1S/C11H21N/c1-9(2)12-7-11(8-12)5-4-10(3)6-11/h9-10H,4-8H2,1-3H3. The molecule has 0 bridgehead atoms. The second-order valence-corrected chi connectivity index (χ2v) is 5.35. The molecule has 2 fully saturated rings. The van der Waals surface area contributed by atoms with Gasteiger partial charge < -0.3 is 0 Å². The Bertz CT molecular complexity index is 168. The van der Waals surface area contributed by atoms with Gasteiger partial charge in [0, 0.05) is 19.1 Å². The molecule has 0 amide bonds. The van der Waals surface area contributed by atoms with Crippen molar-refractivity contribution in [2.75, 3.05) is 13.1 Å². The highest BCUT2D eigenvalue weighted by molar-refractivity contribution is 5.00. The maximum absolute atomic E-state index is 2.61. The van der Waals surface area contributed by atoms with Crippen LogP contribution in [0.2, 0.25) is 0 Å². The molecule has 0 radical (unpaired) electrons. The molecule has 1 saturated carbocycles. The van der Waals surface area contributed by atoms with Crippen molar-refractivity contribution in [3.63, 3.8) is 0 Å². The number of nitrogens with zero attached hydrogens (tertiary/aromatic N) is 1. The summed E-state index contributed by atoms with van der Waals surface area (Å²) in [6, 6.07) is 0.770. The van der Waals surface area contributed by atoms with Gasteiger partial charge in [0.15, 0.2) is 0 Å². The van der Waals surface area contributed by atoms with E-state index in [1.54, 1.807) is 0 Å². The second-order valence-electron chi connectivity index (χ2n) is 5.35. The van der Waals surface area contributed by atoms with Crippen LogP contribution in [0, 0.1) is 11.3 Å². The number of likely N-dealkylation sites (tertiary alicyclic amines) is 1. The minimum absolute atomic E-state index is 0.768. The quantitative estimate of drug-likeness (QED) is 0.580. The van der Waals surface area contributed by atoms with E-state index in [1.807, 2.05) is 0 Å². The van der Waals surface area contributed by atoms with Gasteiger partial charge in [-0.1, -0.05) is 13.3 Å². The van der Waals surface area contributed by atoms with Crippen LogP contribution < -0.4 is 0 Å². The Kier molecular flexibility index (Phi) is 1.95. The summed E-state index contributed by atoms with van der Waals surface area (Å²) < 4.78 is 0. The number of rotatable bonds is 1. The van der Waals surface area contributed by atoms with Crippen molar-refractivity contribution < 1.29 is 0 Å². The summed E-state index contributed by atoms with van der Waals surface area (Å²) in [6.07, 6.45) is 4.47. The molecule has 1 heteroatoms. The van der Waals surface area contributed by atoms with E-state index in [4.69, 9.17) is 0 Å². The predicted octanol–water partition coefficient (Wildman–Crippen LogP) is 2.52. The van der Waals surface area contributed by atoms with E-state index >= 15 is 0 Å². The summed E-state index contributed by atoms with van der Waals surface area (Å²) in [4.78, 5) is 2.61. The molecule has 1 nitrogen and oxygen atoms in total. The molecule has 0 aromatic heterocycles. The molecular weight excluding hydrogens is 146 g/mol. The van der Waals surface area contributed by atoms with Crippen LogP contribution in [-0.2, 0) is 0 Å². The molecule has 70 valence electrons. The third-order valence-corrected chi connectivity index (χ3v) is 3.76. The van der Waals surface area contributed by atoms with Crippen LogP contribution in [0.3, 0.4) is 0 Å². The van der Waals surface area contributed by atoms with Crippen molar-refractivity contribution in [2.45, 2.75) is 46.1 Å². The Hall–Kier alpha value is -0.0400. The first-order valence-corrected chi connectivity index (χ1v) is 5.35. The molecule has 1 atom stereocenters. The van der Waals surface area contributed by atoms with Crippen LogP contribution in [0.25, 0.3) is 0 Å². The van der Waals surface area contributed by atoms with Gasteiger partial charge in [-0.15, -0.1) is 0 Å². The lowest BCUT2D eigenvalue weighted by atomic mass is 9.77. The minimum atomic E-state index is 0.768. The lowest BCUT2D eigenvalue weighted by Gasteiger charge is -2.50. The zero-order valence-corrected chi connectivity index (χ0v) is 8.64. The zero-order valence-electron chi connectivity index (χ0n) is 8.64. The average molecular weight is 167 g/mol. The summed E-state index contributed by atoms with van der Waals surface area (Å²) in [6.45, 7) is 9.80. The van der Waals surface area contributed by atoms with E-state index in [0.717, 1.165) is 17.4 Å². The Morgan fingerprint density at radius 2 is 2.00 bits per heavy atom. The Morgan fingerprint density at radius 3 is 2.42 bits per heavy atom. The minimum Gasteiger partial charge on any atom is -0.300 e. The second kappa shape index (κ2) is 2.73. The van der Waals surface area contributed by atoms with Gasteiger partial charge in [-0.25, -0.2) is 0 Å². The molecule has 1 spiro atoms. The van der Waals surface area contributed by atoms with E-state index in [-0.39, 0.29) is 0 Å². The monoisotopic (exact) mass is 167 g/mol. The Balaban J connectivity index is 1.87. The van der Waals surface area contributed by atoms with Crippen molar-refractivity contribution in [2.24, 2.45) is 11.3 Å². The van der Waals surface area contributed by atoms with Crippen molar-refractivity contribution in [1.29, 1.82) is 0 Å². The fourth-order valence-corrected chi connectivity index (χ4v) is 2.96. The van der Waals surface area contributed by atoms with Crippen molar-refractivity contribution in [3.05, 3.63) is 0 Å². The average Bonchev–Trinajstić information content (AvgIpc) is 2.27. The van der Waals surface area contributed by atoms with Crippen LogP contribution in [0.1, 0.15) is 40.0 Å². The van der Waals surface area contributed by atoms with Crippen molar-refractivity contribution >= 4 is 0 Å². The van der Waals surface area contributed by atoms with E-state index in [2.05, 4.69) is 25.7 Å². The van der Waals surface area contributed by atoms with Gasteiger partial charge in [-0.2, -0.15) is 0 Å². The Morgan fingerprint density at radius 1 is 1.33 bits per heavy atom. The maximum atomic E-state index is 2.61. The summed E-state index contributed by atoms with van der Waals surface area (Å²) in [5.41, 5.74) is 0.768. The van der Waals surface area contributed by atoms with Crippen LogP contribution in [0.4, 0.5) is 0 Å². The van der Waals surface area contributed by atoms with Gasteiger partial charge in [0.1, 0.15) is 0 Å². The van der Waals surface area contributed by atoms with Gasteiger partial charge >= 0.3 is 0 Å². The molecule has 1 saturated heterocycles. The highest BCUT2D eigenvalue weighted by Gasteiger charge is 2.47. The maximum Gasteiger partial charge on any atom is 0.00533 e. The Labute approximate surface area is 76.1 Å². The highest BCUT2D eigenvalue weighted by Crippen LogP contribution is 2.48. The number of hydrogen-bond acceptors (Lipinski definition) is 1.